The standard InChI is InChI=1S/C12H19N3OS/c1-4-10-11(17-14-13-10)12(16)15-6-8(2)5-9(3)7-15/h8-9H,4-7H2,1-3H3. The maximum Gasteiger partial charge on any atom is 0.267 e. The Bertz CT molecular complexity index is 394. The van der Waals surface area contributed by atoms with Crippen LogP contribution in [0.5, 0.6) is 0 Å². The van der Waals surface area contributed by atoms with Crippen molar-refractivity contribution >= 4 is 17.4 Å². The number of rotatable bonds is 2. The Morgan fingerprint density at radius 2 is 2.06 bits per heavy atom. The molecule has 2 rings (SSSR count). The molecular weight excluding hydrogens is 234 g/mol. The van der Waals surface area contributed by atoms with Gasteiger partial charge < -0.3 is 4.90 Å². The number of aryl methyl sites for hydroxylation is 1. The summed E-state index contributed by atoms with van der Waals surface area (Å²) in [5.74, 6) is 1.30. The smallest absolute Gasteiger partial charge is 0.267 e. The Morgan fingerprint density at radius 1 is 1.41 bits per heavy atom. The summed E-state index contributed by atoms with van der Waals surface area (Å²) in [5.41, 5.74) is 0.839. The van der Waals surface area contributed by atoms with Crippen LogP contribution in [-0.4, -0.2) is 33.5 Å². The van der Waals surface area contributed by atoms with Gasteiger partial charge in [-0.2, -0.15) is 0 Å². The van der Waals surface area contributed by atoms with Crippen LogP contribution >= 0.6 is 11.5 Å². The summed E-state index contributed by atoms with van der Waals surface area (Å²) in [4.78, 5) is 15.1. The van der Waals surface area contributed by atoms with Crippen molar-refractivity contribution < 1.29 is 4.79 Å². The highest BCUT2D eigenvalue weighted by molar-refractivity contribution is 7.08. The lowest BCUT2D eigenvalue weighted by Gasteiger charge is -2.34. The van der Waals surface area contributed by atoms with Crippen molar-refractivity contribution in [1.82, 2.24) is 14.5 Å². The maximum atomic E-state index is 12.4. The van der Waals surface area contributed by atoms with Crippen LogP contribution in [0.25, 0.3) is 0 Å². The van der Waals surface area contributed by atoms with Gasteiger partial charge in [-0.15, -0.1) is 5.10 Å². The second-order valence-corrected chi connectivity index (χ2v) is 5.81. The van der Waals surface area contributed by atoms with Gasteiger partial charge in [-0.05, 0) is 36.2 Å². The molecule has 17 heavy (non-hydrogen) atoms. The monoisotopic (exact) mass is 253 g/mol. The first-order chi connectivity index (χ1) is 8.11. The van der Waals surface area contributed by atoms with Crippen molar-refractivity contribution in [2.75, 3.05) is 13.1 Å². The van der Waals surface area contributed by atoms with Crippen LogP contribution in [0.15, 0.2) is 0 Å². The van der Waals surface area contributed by atoms with Crippen LogP contribution in [0.1, 0.15) is 42.6 Å². The molecule has 0 N–H and O–H groups in total. The Balaban J connectivity index is 2.14. The van der Waals surface area contributed by atoms with Gasteiger partial charge in [0.05, 0.1) is 5.69 Å². The minimum atomic E-state index is 0.121. The molecule has 2 atom stereocenters. The Kier molecular flexibility index (Phi) is 3.76. The summed E-state index contributed by atoms with van der Waals surface area (Å²) in [6, 6.07) is 0. The lowest BCUT2D eigenvalue weighted by molar-refractivity contribution is 0.0627. The number of hydrogen-bond donors (Lipinski definition) is 0. The molecule has 1 aliphatic rings. The maximum absolute atomic E-state index is 12.4. The first-order valence-electron chi connectivity index (χ1n) is 6.22. The van der Waals surface area contributed by atoms with E-state index in [1.807, 2.05) is 11.8 Å². The molecule has 1 aromatic rings. The molecule has 0 radical (unpaired) electrons. The third-order valence-corrected chi connectivity index (χ3v) is 4.00. The van der Waals surface area contributed by atoms with Gasteiger partial charge in [0.2, 0.25) is 0 Å². The molecule has 1 amide bonds. The Hall–Kier alpha value is -0.970. The molecular formula is C12H19N3OS. The summed E-state index contributed by atoms with van der Waals surface area (Å²) < 4.78 is 3.89. The SMILES string of the molecule is CCc1nnsc1C(=O)N1CC(C)CC(C)C1. The summed E-state index contributed by atoms with van der Waals surface area (Å²) in [6.07, 6.45) is 1.99. The van der Waals surface area contributed by atoms with E-state index >= 15 is 0 Å². The van der Waals surface area contributed by atoms with Gasteiger partial charge in [-0.3, -0.25) is 4.79 Å². The zero-order chi connectivity index (χ0) is 12.4. The second-order valence-electron chi connectivity index (χ2n) is 5.06. The normalized spacial score (nSPS) is 25.0. The zero-order valence-corrected chi connectivity index (χ0v) is 11.5. The number of carbonyl (C=O) groups is 1. The fourth-order valence-corrected chi connectivity index (χ4v) is 3.29. The topological polar surface area (TPSA) is 46.1 Å². The average Bonchev–Trinajstić information content (AvgIpc) is 2.74. The molecule has 0 saturated carbocycles. The van der Waals surface area contributed by atoms with Crippen molar-refractivity contribution in [2.45, 2.75) is 33.6 Å². The van der Waals surface area contributed by atoms with Crippen molar-refractivity contribution in [3.05, 3.63) is 10.6 Å². The highest BCUT2D eigenvalue weighted by Crippen LogP contribution is 2.24. The van der Waals surface area contributed by atoms with E-state index in [1.165, 1.54) is 18.0 Å². The zero-order valence-electron chi connectivity index (χ0n) is 10.6. The molecule has 1 aromatic heterocycles. The van der Waals surface area contributed by atoms with Gasteiger partial charge in [0, 0.05) is 13.1 Å². The number of aromatic nitrogens is 2. The predicted molar refractivity (Wildman–Crippen MR) is 68.1 cm³/mol. The van der Waals surface area contributed by atoms with Crippen LogP contribution in [0.4, 0.5) is 0 Å². The Labute approximate surface area is 106 Å². The molecule has 0 spiro atoms. The fraction of sp³-hybridized carbons (Fsp3) is 0.750. The van der Waals surface area contributed by atoms with E-state index in [0.29, 0.717) is 11.8 Å². The molecule has 1 saturated heterocycles. The molecule has 4 nitrogen and oxygen atoms in total. The molecule has 2 unspecified atom stereocenters. The van der Waals surface area contributed by atoms with Gasteiger partial charge in [0.25, 0.3) is 5.91 Å². The molecule has 1 aliphatic heterocycles. The molecule has 2 heterocycles. The minimum absolute atomic E-state index is 0.121. The van der Waals surface area contributed by atoms with Gasteiger partial charge in [0.1, 0.15) is 4.88 Å². The third-order valence-electron chi connectivity index (χ3n) is 3.24. The predicted octanol–water partition coefficient (Wildman–Crippen LogP) is 2.22. The first kappa shape index (κ1) is 12.5. The number of piperidine rings is 1. The molecule has 0 bridgehead atoms. The van der Waals surface area contributed by atoms with Crippen molar-refractivity contribution in [2.24, 2.45) is 11.8 Å². The molecule has 1 fully saturated rings. The second kappa shape index (κ2) is 5.12. The van der Waals surface area contributed by atoms with Crippen LogP contribution < -0.4 is 0 Å². The largest absolute Gasteiger partial charge is 0.337 e. The summed E-state index contributed by atoms with van der Waals surface area (Å²) in [5, 5.41) is 4.01. The summed E-state index contributed by atoms with van der Waals surface area (Å²) >= 11 is 1.23. The van der Waals surface area contributed by atoms with Crippen molar-refractivity contribution in [3.63, 3.8) is 0 Å². The average molecular weight is 253 g/mol. The van der Waals surface area contributed by atoms with Crippen molar-refractivity contribution in [1.29, 1.82) is 0 Å². The van der Waals surface area contributed by atoms with Gasteiger partial charge >= 0.3 is 0 Å². The molecule has 0 aliphatic carbocycles. The minimum Gasteiger partial charge on any atom is -0.337 e. The van der Waals surface area contributed by atoms with E-state index in [0.717, 1.165) is 30.1 Å². The number of nitrogens with zero attached hydrogens (tertiary/aromatic N) is 3. The molecule has 5 heteroatoms. The van der Waals surface area contributed by atoms with Crippen LogP contribution in [0.2, 0.25) is 0 Å². The highest BCUT2D eigenvalue weighted by atomic mass is 32.1. The van der Waals surface area contributed by atoms with E-state index in [2.05, 4.69) is 23.4 Å². The van der Waals surface area contributed by atoms with Gasteiger partial charge in [-0.1, -0.05) is 25.3 Å². The highest BCUT2D eigenvalue weighted by Gasteiger charge is 2.28. The van der Waals surface area contributed by atoms with Crippen LogP contribution in [0, 0.1) is 11.8 Å². The summed E-state index contributed by atoms with van der Waals surface area (Å²) in [7, 11) is 0. The number of hydrogen-bond acceptors (Lipinski definition) is 4. The lowest BCUT2D eigenvalue weighted by Crippen LogP contribution is -2.42. The molecule has 94 valence electrons. The Morgan fingerprint density at radius 3 is 2.65 bits per heavy atom. The van der Waals surface area contributed by atoms with E-state index < -0.39 is 0 Å². The lowest BCUT2D eigenvalue weighted by atomic mass is 9.92. The van der Waals surface area contributed by atoms with Crippen LogP contribution in [-0.2, 0) is 6.42 Å². The number of amides is 1. The van der Waals surface area contributed by atoms with E-state index in [1.54, 1.807) is 0 Å². The van der Waals surface area contributed by atoms with Gasteiger partial charge in [0.15, 0.2) is 0 Å². The first-order valence-corrected chi connectivity index (χ1v) is 6.99. The van der Waals surface area contributed by atoms with E-state index in [9.17, 15) is 4.79 Å². The fourth-order valence-electron chi connectivity index (χ4n) is 2.57. The molecule has 0 aromatic carbocycles. The number of carbonyl (C=O) groups excluding carboxylic acids is 1. The quantitative estimate of drug-likeness (QED) is 0.812. The van der Waals surface area contributed by atoms with E-state index in [-0.39, 0.29) is 5.91 Å². The number of likely N-dealkylation sites (tertiary alicyclic amines) is 1. The van der Waals surface area contributed by atoms with Crippen LogP contribution in [0.3, 0.4) is 0 Å². The van der Waals surface area contributed by atoms with Gasteiger partial charge in [-0.25, -0.2) is 0 Å². The summed E-state index contributed by atoms with van der Waals surface area (Å²) in [6.45, 7) is 8.16. The van der Waals surface area contributed by atoms with Crippen molar-refractivity contribution in [3.8, 4) is 0 Å². The third kappa shape index (κ3) is 2.65. The van der Waals surface area contributed by atoms with E-state index in [4.69, 9.17) is 0 Å².